The van der Waals surface area contributed by atoms with Crippen LogP contribution >= 0.6 is 15.9 Å². The number of hydrogen-bond donors (Lipinski definition) is 1. The standard InChI is InChI=1S/C17H13BrO2/c1-10-5-4-8-12-14(9-15(18)16(10)12)11-6-2-3-7-13(11)17(19)20/h2-9,14H,1H3,(H,19,20). The first-order valence-corrected chi connectivity index (χ1v) is 7.18. The molecule has 0 radical (unpaired) electrons. The van der Waals surface area contributed by atoms with E-state index in [1.54, 1.807) is 12.1 Å². The smallest absolute Gasteiger partial charge is 0.335 e. The summed E-state index contributed by atoms with van der Waals surface area (Å²) in [6.45, 7) is 2.07. The Bertz CT molecular complexity index is 732. The number of allylic oxidation sites excluding steroid dienone is 1. The molecule has 100 valence electrons. The normalized spacial score (nSPS) is 16.7. The summed E-state index contributed by atoms with van der Waals surface area (Å²) in [6.07, 6.45) is 2.08. The third kappa shape index (κ3) is 1.98. The molecule has 0 spiro atoms. The fourth-order valence-corrected chi connectivity index (χ4v) is 3.62. The molecule has 3 rings (SSSR count). The van der Waals surface area contributed by atoms with Crippen LogP contribution in [0.25, 0.3) is 4.48 Å². The van der Waals surface area contributed by atoms with E-state index in [1.165, 1.54) is 11.1 Å². The minimum atomic E-state index is -0.883. The Balaban J connectivity index is 2.21. The molecule has 1 aliphatic rings. The van der Waals surface area contributed by atoms with E-state index >= 15 is 0 Å². The van der Waals surface area contributed by atoms with Crippen LogP contribution in [0.1, 0.15) is 38.5 Å². The minimum Gasteiger partial charge on any atom is -0.478 e. The SMILES string of the molecule is Cc1cccc2c1C(Br)=CC2c1ccccc1C(=O)O. The number of benzene rings is 2. The second-order valence-electron chi connectivity index (χ2n) is 4.92. The number of hydrogen-bond acceptors (Lipinski definition) is 1. The topological polar surface area (TPSA) is 37.3 Å². The molecule has 0 aromatic heterocycles. The maximum Gasteiger partial charge on any atom is 0.335 e. The molecule has 0 saturated carbocycles. The van der Waals surface area contributed by atoms with Gasteiger partial charge in [0.15, 0.2) is 0 Å². The highest BCUT2D eigenvalue weighted by Crippen LogP contribution is 2.44. The number of aromatic carboxylic acids is 1. The molecule has 1 aliphatic carbocycles. The van der Waals surface area contributed by atoms with E-state index in [4.69, 9.17) is 0 Å². The third-order valence-electron chi connectivity index (χ3n) is 3.72. The fourth-order valence-electron chi connectivity index (χ4n) is 2.82. The first kappa shape index (κ1) is 13.1. The van der Waals surface area contributed by atoms with E-state index in [1.807, 2.05) is 18.2 Å². The zero-order valence-electron chi connectivity index (χ0n) is 10.9. The molecule has 1 N–H and O–H groups in total. The summed E-state index contributed by atoms with van der Waals surface area (Å²) in [5.41, 5.74) is 4.73. The molecule has 2 aromatic carbocycles. The molecule has 20 heavy (non-hydrogen) atoms. The molecular weight excluding hydrogens is 316 g/mol. The Labute approximate surface area is 125 Å². The third-order valence-corrected chi connectivity index (χ3v) is 4.38. The second kappa shape index (κ2) is 4.91. The van der Waals surface area contributed by atoms with E-state index in [0.717, 1.165) is 15.6 Å². The number of fused-ring (bicyclic) bond motifs is 1. The summed E-state index contributed by atoms with van der Waals surface area (Å²) in [6, 6.07) is 13.4. The van der Waals surface area contributed by atoms with Crippen LogP contribution in [0.2, 0.25) is 0 Å². The molecule has 0 heterocycles. The summed E-state index contributed by atoms with van der Waals surface area (Å²) in [7, 11) is 0. The van der Waals surface area contributed by atoms with Crippen molar-refractivity contribution in [1.29, 1.82) is 0 Å². The van der Waals surface area contributed by atoms with E-state index in [9.17, 15) is 9.90 Å². The van der Waals surface area contributed by atoms with E-state index < -0.39 is 5.97 Å². The van der Waals surface area contributed by atoms with Gasteiger partial charge in [-0.05, 0) is 35.2 Å². The predicted molar refractivity (Wildman–Crippen MR) is 83.3 cm³/mol. The lowest BCUT2D eigenvalue weighted by Gasteiger charge is -2.14. The number of rotatable bonds is 2. The van der Waals surface area contributed by atoms with Crippen molar-refractivity contribution < 1.29 is 9.90 Å². The van der Waals surface area contributed by atoms with Gasteiger partial charge in [0, 0.05) is 10.4 Å². The Morgan fingerprint density at radius 1 is 1.10 bits per heavy atom. The van der Waals surface area contributed by atoms with Gasteiger partial charge in [0.25, 0.3) is 0 Å². The molecular formula is C17H13BrO2. The predicted octanol–water partition coefficient (Wildman–Crippen LogP) is 4.57. The highest BCUT2D eigenvalue weighted by molar-refractivity contribution is 9.15. The Morgan fingerprint density at radius 2 is 1.80 bits per heavy atom. The number of carboxylic acid groups (broad SMARTS) is 1. The minimum absolute atomic E-state index is 0.00780. The van der Waals surface area contributed by atoms with Crippen LogP contribution in [0.3, 0.4) is 0 Å². The van der Waals surface area contributed by atoms with Gasteiger partial charge in [0.1, 0.15) is 0 Å². The molecule has 0 fully saturated rings. The number of aryl methyl sites for hydroxylation is 1. The first-order valence-electron chi connectivity index (χ1n) is 6.39. The average Bonchev–Trinajstić information content (AvgIpc) is 2.77. The lowest BCUT2D eigenvalue weighted by Crippen LogP contribution is -2.06. The average molecular weight is 329 g/mol. The molecule has 2 aromatic rings. The Kier molecular flexibility index (Phi) is 3.22. The summed E-state index contributed by atoms with van der Waals surface area (Å²) >= 11 is 3.60. The van der Waals surface area contributed by atoms with Gasteiger partial charge in [-0.2, -0.15) is 0 Å². The van der Waals surface area contributed by atoms with Crippen LogP contribution in [-0.4, -0.2) is 11.1 Å². The number of carboxylic acids is 1. The van der Waals surface area contributed by atoms with Crippen LogP contribution in [0, 0.1) is 6.92 Å². The van der Waals surface area contributed by atoms with Crippen LogP contribution in [0.15, 0.2) is 48.5 Å². The van der Waals surface area contributed by atoms with Crippen molar-refractivity contribution in [2.75, 3.05) is 0 Å². The molecule has 0 amide bonds. The quantitative estimate of drug-likeness (QED) is 0.876. The number of carbonyl (C=O) groups is 1. The molecule has 2 nitrogen and oxygen atoms in total. The van der Waals surface area contributed by atoms with Crippen molar-refractivity contribution in [2.24, 2.45) is 0 Å². The monoisotopic (exact) mass is 328 g/mol. The van der Waals surface area contributed by atoms with Gasteiger partial charge < -0.3 is 5.11 Å². The fraction of sp³-hybridized carbons (Fsp3) is 0.118. The van der Waals surface area contributed by atoms with Gasteiger partial charge >= 0.3 is 5.97 Å². The number of halogens is 1. The van der Waals surface area contributed by atoms with Crippen molar-refractivity contribution in [3.63, 3.8) is 0 Å². The van der Waals surface area contributed by atoms with E-state index in [-0.39, 0.29) is 5.92 Å². The molecule has 3 heteroatoms. The summed E-state index contributed by atoms with van der Waals surface area (Å²) < 4.78 is 1.04. The second-order valence-corrected chi connectivity index (χ2v) is 5.78. The van der Waals surface area contributed by atoms with E-state index in [0.29, 0.717) is 5.56 Å². The molecule has 0 saturated heterocycles. The highest BCUT2D eigenvalue weighted by atomic mass is 79.9. The van der Waals surface area contributed by atoms with Gasteiger partial charge in [-0.25, -0.2) is 4.79 Å². The molecule has 0 bridgehead atoms. The van der Waals surface area contributed by atoms with E-state index in [2.05, 4.69) is 41.1 Å². The molecule has 1 unspecified atom stereocenters. The van der Waals surface area contributed by atoms with Crippen LogP contribution in [0.4, 0.5) is 0 Å². The highest BCUT2D eigenvalue weighted by Gasteiger charge is 2.27. The lowest BCUT2D eigenvalue weighted by atomic mass is 9.89. The summed E-state index contributed by atoms with van der Waals surface area (Å²) in [4.78, 5) is 11.4. The van der Waals surface area contributed by atoms with Crippen molar-refractivity contribution in [2.45, 2.75) is 12.8 Å². The lowest BCUT2D eigenvalue weighted by molar-refractivity contribution is 0.0695. The van der Waals surface area contributed by atoms with Gasteiger partial charge in [0.2, 0.25) is 0 Å². The van der Waals surface area contributed by atoms with Crippen LogP contribution in [0.5, 0.6) is 0 Å². The van der Waals surface area contributed by atoms with Crippen molar-refractivity contribution in [3.8, 4) is 0 Å². The van der Waals surface area contributed by atoms with Crippen molar-refractivity contribution in [3.05, 3.63) is 76.4 Å². The van der Waals surface area contributed by atoms with Gasteiger partial charge in [-0.15, -0.1) is 0 Å². The van der Waals surface area contributed by atoms with Crippen molar-refractivity contribution in [1.82, 2.24) is 0 Å². The zero-order chi connectivity index (χ0) is 14.3. The van der Waals surface area contributed by atoms with Gasteiger partial charge in [0.05, 0.1) is 5.56 Å². The summed E-state index contributed by atoms with van der Waals surface area (Å²) in [5, 5.41) is 9.36. The summed E-state index contributed by atoms with van der Waals surface area (Å²) in [5.74, 6) is -0.891. The Morgan fingerprint density at radius 3 is 2.55 bits per heavy atom. The van der Waals surface area contributed by atoms with Crippen molar-refractivity contribution >= 4 is 26.4 Å². The Hall–Kier alpha value is -1.87. The van der Waals surface area contributed by atoms with Crippen LogP contribution in [-0.2, 0) is 0 Å². The maximum absolute atomic E-state index is 11.4. The first-order chi connectivity index (χ1) is 9.59. The zero-order valence-corrected chi connectivity index (χ0v) is 12.5. The largest absolute Gasteiger partial charge is 0.478 e. The van der Waals surface area contributed by atoms with Gasteiger partial charge in [-0.3, -0.25) is 0 Å². The van der Waals surface area contributed by atoms with Crippen LogP contribution < -0.4 is 0 Å². The maximum atomic E-state index is 11.4. The molecule has 1 atom stereocenters. The van der Waals surface area contributed by atoms with Gasteiger partial charge in [-0.1, -0.05) is 58.4 Å². The molecule has 0 aliphatic heterocycles.